The molecule has 18 heteroatoms. The molecular weight excluding hydrogens is 905 g/mol. The molecule has 1 aliphatic heterocycles. The Hall–Kier alpha value is -7.58. The maximum atomic E-state index is 12.4. The zero-order chi connectivity index (χ0) is 46.7. The van der Waals surface area contributed by atoms with E-state index in [0.717, 1.165) is 0 Å². The molecule has 0 aliphatic carbocycles. The van der Waals surface area contributed by atoms with E-state index < -0.39 is 36.3 Å². The predicted molar refractivity (Wildman–Crippen MR) is 244 cm³/mol. The van der Waals surface area contributed by atoms with Crippen molar-refractivity contribution in [3.05, 3.63) is 224 Å². The van der Waals surface area contributed by atoms with E-state index in [9.17, 15) is 43.7 Å². The predicted octanol–water partition coefficient (Wildman–Crippen LogP) is 4.52. The number of aromatic nitrogens is 4. The minimum atomic E-state index is -4.52. The summed E-state index contributed by atoms with van der Waals surface area (Å²) in [4.78, 5) is 25.6. The van der Waals surface area contributed by atoms with Crippen LogP contribution in [-0.2, 0) is 35.1 Å². The van der Waals surface area contributed by atoms with Crippen molar-refractivity contribution in [2.24, 2.45) is 0 Å². The standard InChI is InChI=1S/C48H36N4O11S3/c1-27(2)48(53)63-32-11-3-28(4-12-32)44-36-19-21-38(49-36)45(29-5-13-33(14-6-29)64(54,55)56)40-23-25-42(51-40)47(31-9-17-35(18-10-31)66(60,61)62)43-26-24-41(52-43)46(39-22-20-37(44)50-39)30-7-15-34(16-8-30)65(57,58)59/h3-26,49-52H,1H2,2H3,(H,54,55,56)(H,57,58,59)(H,60,61,62). The van der Waals surface area contributed by atoms with E-state index in [2.05, 4.69) is 26.5 Å². The summed E-state index contributed by atoms with van der Waals surface area (Å²) in [5.74, 6) is -0.285. The maximum absolute atomic E-state index is 12.4. The highest BCUT2D eigenvalue weighted by atomic mass is 32.2. The van der Waals surface area contributed by atoms with Gasteiger partial charge in [0.05, 0.1) is 14.7 Å². The second-order valence-electron chi connectivity index (χ2n) is 15.3. The fraction of sp³-hybridized carbons (Fsp3) is 0.0208. The molecule has 4 aromatic heterocycles. The summed E-state index contributed by atoms with van der Waals surface area (Å²) in [5.41, 5.74) is 7.44. The lowest BCUT2D eigenvalue weighted by Crippen LogP contribution is -2.19. The van der Waals surface area contributed by atoms with Gasteiger partial charge < -0.3 is 24.7 Å². The molecule has 0 radical (unpaired) electrons. The number of H-pyrrole nitrogens is 4. The fourth-order valence-electron chi connectivity index (χ4n) is 7.84. The number of nitrogens with one attached hydrogen (secondary N) is 4. The lowest BCUT2D eigenvalue weighted by Gasteiger charge is -2.11. The fourth-order valence-corrected chi connectivity index (χ4v) is 9.28. The van der Waals surface area contributed by atoms with Gasteiger partial charge >= 0.3 is 5.97 Å². The molecule has 332 valence electrons. The van der Waals surface area contributed by atoms with Crippen LogP contribution in [0.15, 0.2) is 172 Å². The molecule has 8 bridgehead atoms. The number of carbonyl (C=O) groups excluding carboxylic acids is 1. The second-order valence-corrected chi connectivity index (χ2v) is 19.6. The Morgan fingerprint density at radius 2 is 0.667 bits per heavy atom. The molecule has 7 N–H and O–H groups in total. The topological polar surface area (TPSA) is 253 Å². The molecule has 0 saturated heterocycles. The van der Waals surface area contributed by atoms with E-state index in [0.29, 0.717) is 94.5 Å². The van der Waals surface area contributed by atoms with Gasteiger partial charge in [-0.15, -0.1) is 0 Å². The minimum Gasteiger partial charge on any atom is -0.423 e. The Bertz CT molecular complexity index is 3880. The summed E-state index contributed by atoms with van der Waals surface area (Å²) in [6.07, 6.45) is 0. The number of rotatable bonds is 9. The molecule has 1 aliphatic rings. The Balaban J connectivity index is 1.37. The normalized spacial score (nSPS) is 13.2. The van der Waals surface area contributed by atoms with Crippen LogP contribution in [0.3, 0.4) is 0 Å². The first-order valence-corrected chi connectivity index (χ1v) is 24.1. The number of esters is 1. The van der Waals surface area contributed by atoms with Crippen LogP contribution in [0.25, 0.3) is 22.3 Å². The van der Waals surface area contributed by atoms with Crippen molar-refractivity contribution in [2.75, 3.05) is 0 Å². The van der Waals surface area contributed by atoms with E-state index in [1.165, 1.54) is 36.4 Å². The average molecular weight is 941 g/mol. The van der Waals surface area contributed by atoms with Crippen LogP contribution < -0.4 is 26.1 Å². The van der Waals surface area contributed by atoms with Gasteiger partial charge in [-0.05, 0) is 126 Å². The van der Waals surface area contributed by atoms with E-state index in [1.54, 1.807) is 67.6 Å². The third kappa shape index (κ3) is 8.54. The van der Waals surface area contributed by atoms with Crippen LogP contribution in [0.1, 0.15) is 52.0 Å². The number of hydrogen-bond donors (Lipinski definition) is 7. The zero-order valence-electron chi connectivity index (χ0n) is 34.4. The monoisotopic (exact) mass is 940 g/mol. The van der Waals surface area contributed by atoms with Gasteiger partial charge in [0.2, 0.25) is 0 Å². The van der Waals surface area contributed by atoms with Crippen molar-refractivity contribution in [1.29, 1.82) is 0 Å². The SMILES string of the molecule is C=C(C)C(=O)Oc1ccc(C2=c3ccc([nH]3)=C(c3ccc(S(=O)(=O)O)cc3)c3ccc([nH]3)C(c3ccc(S(=O)(=O)O)cc3)=c3ccc([nH]3)=C(c3ccc(S(=O)(=O)O)cc3)c3ccc2[nH]3)cc1. The highest BCUT2D eigenvalue weighted by molar-refractivity contribution is 7.86. The first kappa shape index (κ1) is 43.7. The quantitative estimate of drug-likeness (QED) is 0.0459. The number of ether oxygens (including phenoxy) is 1. The largest absolute Gasteiger partial charge is 0.423 e. The van der Waals surface area contributed by atoms with Gasteiger partial charge in [-0.1, -0.05) is 55.1 Å². The maximum Gasteiger partial charge on any atom is 0.338 e. The lowest BCUT2D eigenvalue weighted by molar-refractivity contribution is -0.130. The number of fused-ring (bicyclic) bond motifs is 8. The summed E-state index contributed by atoms with van der Waals surface area (Å²) in [5, 5.41) is 2.35. The molecule has 0 atom stereocenters. The number of carbonyl (C=O) groups is 1. The molecular formula is C48H36N4O11S3. The van der Waals surface area contributed by atoms with Crippen LogP contribution in [0, 0.1) is 0 Å². The number of aromatic amines is 4. The first-order chi connectivity index (χ1) is 31.3. The molecule has 0 amide bonds. The van der Waals surface area contributed by atoms with Gasteiger partial charge in [-0.3, -0.25) is 13.7 Å². The summed E-state index contributed by atoms with van der Waals surface area (Å²) < 4.78 is 107. The molecule has 0 unspecified atom stereocenters. The van der Waals surface area contributed by atoms with Gasteiger partial charge in [0.25, 0.3) is 30.4 Å². The van der Waals surface area contributed by atoms with Crippen LogP contribution >= 0.6 is 0 Å². The molecule has 9 rings (SSSR count). The minimum absolute atomic E-state index is 0.231. The van der Waals surface area contributed by atoms with Gasteiger partial charge in [0.15, 0.2) is 0 Å². The smallest absolute Gasteiger partial charge is 0.338 e. The van der Waals surface area contributed by atoms with Crippen LogP contribution in [-0.4, -0.2) is 64.8 Å². The molecule has 0 fully saturated rings. The highest BCUT2D eigenvalue weighted by Gasteiger charge is 2.21. The number of benzene rings is 4. The Morgan fingerprint density at radius 1 is 0.409 bits per heavy atom. The van der Waals surface area contributed by atoms with E-state index in [4.69, 9.17) is 4.74 Å². The molecule has 5 heterocycles. The third-order valence-corrected chi connectivity index (χ3v) is 13.5. The summed E-state index contributed by atoms with van der Waals surface area (Å²) in [6, 6.07) is 38.8. The van der Waals surface area contributed by atoms with E-state index >= 15 is 0 Å². The molecule has 15 nitrogen and oxygen atoms in total. The average Bonchev–Trinajstić information content (AvgIpc) is 4.12. The first-order valence-electron chi connectivity index (χ1n) is 19.8. The van der Waals surface area contributed by atoms with Gasteiger partial charge in [0, 0.05) is 72.0 Å². The molecule has 8 aromatic rings. The van der Waals surface area contributed by atoms with Crippen molar-refractivity contribution in [3.63, 3.8) is 0 Å². The Kier molecular flexibility index (Phi) is 10.9. The van der Waals surface area contributed by atoms with Crippen molar-refractivity contribution in [3.8, 4) is 5.75 Å². The third-order valence-electron chi connectivity index (χ3n) is 10.9. The Morgan fingerprint density at radius 3 is 0.909 bits per heavy atom. The van der Waals surface area contributed by atoms with Crippen LogP contribution in [0.2, 0.25) is 0 Å². The number of hydrogen-bond acceptors (Lipinski definition) is 8. The van der Waals surface area contributed by atoms with Crippen molar-refractivity contribution >= 4 is 58.6 Å². The molecule has 0 spiro atoms. The highest BCUT2D eigenvalue weighted by Crippen LogP contribution is 2.30. The lowest BCUT2D eigenvalue weighted by atomic mass is 10.0. The zero-order valence-corrected chi connectivity index (χ0v) is 36.8. The van der Waals surface area contributed by atoms with Crippen molar-refractivity contribution < 1.29 is 48.4 Å². The summed E-state index contributed by atoms with van der Waals surface area (Å²) >= 11 is 0. The van der Waals surface area contributed by atoms with E-state index in [1.807, 2.05) is 48.5 Å². The van der Waals surface area contributed by atoms with Crippen molar-refractivity contribution in [1.82, 2.24) is 19.9 Å². The second kappa shape index (κ2) is 16.4. The summed E-state index contributed by atoms with van der Waals surface area (Å²) in [6.45, 7) is 5.20. The van der Waals surface area contributed by atoms with Crippen LogP contribution in [0.4, 0.5) is 0 Å². The van der Waals surface area contributed by atoms with Gasteiger partial charge in [-0.25, -0.2) is 4.79 Å². The summed E-state index contributed by atoms with van der Waals surface area (Å²) in [7, 11) is -13.6. The van der Waals surface area contributed by atoms with E-state index in [-0.39, 0.29) is 20.3 Å². The molecule has 4 aromatic carbocycles. The molecule has 66 heavy (non-hydrogen) atoms. The molecule has 0 saturated carbocycles. The van der Waals surface area contributed by atoms with Gasteiger partial charge in [0.1, 0.15) is 5.75 Å². The van der Waals surface area contributed by atoms with Crippen LogP contribution in [0.5, 0.6) is 5.75 Å². The van der Waals surface area contributed by atoms with Crippen molar-refractivity contribution in [2.45, 2.75) is 21.6 Å². The van der Waals surface area contributed by atoms with Gasteiger partial charge in [-0.2, -0.15) is 25.3 Å². The Labute approximate surface area is 376 Å².